The van der Waals surface area contributed by atoms with Crippen LogP contribution < -0.4 is 4.74 Å². The second kappa shape index (κ2) is 14.6. The Hall–Kier alpha value is -2.91. The summed E-state index contributed by atoms with van der Waals surface area (Å²) in [6.07, 6.45) is -2.82. The second-order valence-corrected chi connectivity index (χ2v) is 10.4. The van der Waals surface area contributed by atoms with E-state index in [-0.39, 0.29) is 0 Å². The van der Waals surface area contributed by atoms with Gasteiger partial charge in [-0.2, -0.15) is 26.3 Å². The zero-order valence-corrected chi connectivity index (χ0v) is 22.5. The zero-order chi connectivity index (χ0) is 30.0. The van der Waals surface area contributed by atoms with Gasteiger partial charge in [0.2, 0.25) is 0 Å². The molecule has 224 valence electrons. The molecule has 0 bridgehead atoms. The van der Waals surface area contributed by atoms with Crippen LogP contribution in [-0.4, -0.2) is 82.6 Å². The molecular weight excluding hydrogens is 568 g/mol. The maximum atomic E-state index is 10.6. The van der Waals surface area contributed by atoms with Crippen LogP contribution in [-0.2, 0) is 22.7 Å². The summed E-state index contributed by atoms with van der Waals surface area (Å²) in [7, 11) is 1.72. The fourth-order valence-corrected chi connectivity index (χ4v) is 5.04. The summed E-state index contributed by atoms with van der Waals surface area (Å²) in [6.45, 7) is 7.04. The first-order chi connectivity index (χ1) is 18.6. The molecule has 1 aromatic carbocycles. The van der Waals surface area contributed by atoms with Gasteiger partial charge in [-0.05, 0) is 75.0 Å². The number of rotatable bonds is 5. The normalized spacial score (nSPS) is 17.7. The molecule has 0 saturated carbocycles. The number of thiazole rings is 1. The first kappa shape index (κ1) is 33.3. The summed E-state index contributed by atoms with van der Waals surface area (Å²) in [5, 5.41) is 17.6. The summed E-state index contributed by atoms with van der Waals surface area (Å²) in [4.78, 5) is 27.4. The number of methoxy groups -OCH3 is 1. The molecule has 4 rings (SSSR count). The zero-order valence-electron chi connectivity index (χ0n) is 21.7. The minimum Gasteiger partial charge on any atom is -0.497 e. The van der Waals surface area contributed by atoms with Crippen LogP contribution in [0.2, 0.25) is 0 Å². The quantitative estimate of drug-likeness (QED) is 0.447. The van der Waals surface area contributed by atoms with E-state index in [2.05, 4.69) is 44.4 Å². The van der Waals surface area contributed by atoms with E-state index in [1.807, 2.05) is 6.20 Å². The van der Waals surface area contributed by atoms with Crippen LogP contribution in [0, 0.1) is 5.41 Å². The van der Waals surface area contributed by atoms with E-state index in [1.54, 1.807) is 18.4 Å². The Balaban J connectivity index is 0.000000333. The van der Waals surface area contributed by atoms with Gasteiger partial charge >= 0.3 is 24.3 Å². The van der Waals surface area contributed by atoms with Gasteiger partial charge in [0.05, 0.1) is 13.7 Å². The average molecular weight is 600 g/mol. The van der Waals surface area contributed by atoms with Gasteiger partial charge < -0.3 is 14.9 Å². The van der Waals surface area contributed by atoms with Crippen LogP contribution in [0.4, 0.5) is 26.3 Å². The number of benzene rings is 1. The lowest BCUT2D eigenvalue weighted by Gasteiger charge is -2.47. The molecular formula is C25H31F6N3O5S. The summed E-state index contributed by atoms with van der Waals surface area (Å²) >= 11 is 1.78. The molecule has 0 radical (unpaired) electrons. The predicted molar refractivity (Wildman–Crippen MR) is 134 cm³/mol. The number of nitrogens with zero attached hydrogens (tertiary/aromatic N) is 3. The fraction of sp³-hybridized carbons (Fsp3) is 0.560. The molecule has 2 aromatic rings. The van der Waals surface area contributed by atoms with Crippen molar-refractivity contribution in [1.82, 2.24) is 14.8 Å². The van der Waals surface area contributed by atoms with E-state index in [9.17, 15) is 26.3 Å². The lowest BCUT2D eigenvalue weighted by atomic mass is 9.71. The van der Waals surface area contributed by atoms with Crippen molar-refractivity contribution in [2.45, 2.75) is 51.1 Å². The first-order valence-corrected chi connectivity index (χ1v) is 13.1. The summed E-state index contributed by atoms with van der Waals surface area (Å²) in [5.74, 6) is -4.57. The third-order valence-corrected chi connectivity index (χ3v) is 7.49. The molecule has 0 amide bonds. The van der Waals surface area contributed by atoms with E-state index in [1.165, 1.54) is 62.4 Å². The van der Waals surface area contributed by atoms with Crippen molar-refractivity contribution in [3.05, 3.63) is 46.4 Å². The molecule has 2 fully saturated rings. The van der Waals surface area contributed by atoms with Gasteiger partial charge in [0.15, 0.2) is 0 Å². The Bertz CT molecular complexity index is 1020. The van der Waals surface area contributed by atoms with Crippen LogP contribution in [0.1, 0.15) is 36.3 Å². The monoisotopic (exact) mass is 599 g/mol. The number of carbonyl (C=O) groups is 2. The predicted octanol–water partition coefficient (Wildman–Crippen LogP) is 5.30. The highest BCUT2D eigenvalue weighted by Gasteiger charge is 2.39. The Kier molecular flexibility index (Phi) is 12.2. The number of hydrogen-bond donors (Lipinski definition) is 2. The molecule has 0 atom stereocenters. The molecule has 3 heterocycles. The maximum absolute atomic E-state index is 10.6. The molecule has 8 nitrogen and oxygen atoms in total. The number of carboxylic acids is 2. The molecule has 0 aliphatic carbocycles. The molecule has 2 saturated heterocycles. The highest BCUT2D eigenvalue weighted by Crippen LogP contribution is 2.41. The van der Waals surface area contributed by atoms with Crippen molar-refractivity contribution in [2.75, 3.05) is 33.3 Å². The van der Waals surface area contributed by atoms with Crippen molar-refractivity contribution in [2.24, 2.45) is 5.41 Å². The number of carboxylic acid groups (broad SMARTS) is 2. The summed E-state index contributed by atoms with van der Waals surface area (Å²) in [5.41, 5.74) is 1.98. The smallest absolute Gasteiger partial charge is 0.490 e. The van der Waals surface area contributed by atoms with E-state index < -0.39 is 24.3 Å². The van der Waals surface area contributed by atoms with Gasteiger partial charge in [0, 0.05) is 18.1 Å². The average Bonchev–Trinajstić information content (AvgIpc) is 3.40. The van der Waals surface area contributed by atoms with Gasteiger partial charge in [-0.1, -0.05) is 12.1 Å². The number of hydrogen-bond acceptors (Lipinski definition) is 7. The number of halogens is 6. The molecule has 2 aliphatic rings. The van der Waals surface area contributed by atoms with Crippen molar-refractivity contribution >= 4 is 23.3 Å². The van der Waals surface area contributed by atoms with Crippen molar-refractivity contribution in [3.8, 4) is 5.75 Å². The second-order valence-electron chi connectivity index (χ2n) is 9.43. The Morgan fingerprint density at radius 2 is 1.30 bits per heavy atom. The standard InChI is InChI=1S/C21H29N3OS.2C2HF3O2/c1-25-19-4-2-18(3-5-19)16-23-11-6-21(7-12-23)8-13-24(14-9-21)17-20-22-10-15-26-20;2*3-2(4,5)1(6)7/h2-5,10,15H,6-9,11-14,16-17H2,1H3;2*(H,6,7). The van der Waals surface area contributed by atoms with Gasteiger partial charge in [0.1, 0.15) is 10.8 Å². The third-order valence-electron chi connectivity index (χ3n) is 6.73. The first-order valence-electron chi connectivity index (χ1n) is 12.2. The van der Waals surface area contributed by atoms with E-state index in [0.717, 1.165) is 18.8 Å². The number of aliphatic carboxylic acids is 2. The van der Waals surface area contributed by atoms with Crippen LogP contribution in [0.25, 0.3) is 0 Å². The highest BCUT2D eigenvalue weighted by atomic mass is 32.1. The Labute approximate surface area is 231 Å². The van der Waals surface area contributed by atoms with Gasteiger partial charge in [-0.15, -0.1) is 11.3 Å². The van der Waals surface area contributed by atoms with Gasteiger partial charge in [-0.3, -0.25) is 9.80 Å². The van der Waals surface area contributed by atoms with Crippen molar-refractivity contribution < 1.29 is 50.9 Å². The molecule has 40 heavy (non-hydrogen) atoms. The minimum absolute atomic E-state index is 0.593. The molecule has 0 unspecified atom stereocenters. The number of alkyl halides is 6. The Morgan fingerprint density at radius 1 is 0.875 bits per heavy atom. The van der Waals surface area contributed by atoms with Crippen LogP contribution in [0.5, 0.6) is 5.75 Å². The Morgan fingerprint density at radius 3 is 1.65 bits per heavy atom. The van der Waals surface area contributed by atoms with Crippen molar-refractivity contribution in [1.29, 1.82) is 0 Å². The largest absolute Gasteiger partial charge is 0.497 e. The van der Waals surface area contributed by atoms with E-state index in [0.29, 0.717) is 5.41 Å². The topological polar surface area (TPSA) is 103 Å². The summed E-state index contributed by atoms with van der Waals surface area (Å²) in [6, 6.07) is 8.53. The fourth-order valence-electron chi connectivity index (χ4n) is 4.38. The van der Waals surface area contributed by atoms with E-state index in [4.69, 9.17) is 24.5 Å². The third kappa shape index (κ3) is 11.3. The van der Waals surface area contributed by atoms with E-state index >= 15 is 0 Å². The highest BCUT2D eigenvalue weighted by molar-refractivity contribution is 7.09. The molecule has 1 aromatic heterocycles. The molecule has 1 spiro atoms. The van der Waals surface area contributed by atoms with Gasteiger partial charge in [-0.25, -0.2) is 14.6 Å². The lowest BCUT2D eigenvalue weighted by Crippen LogP contribution is -2.46. The van der Waals surface area contributed by atoms with Crippen LogP contribution in [0.15, 0.2) is 35.8 Å². The number of likely N-dealkylation sites (tertiary alicyclic amines) is 2. The SMILES string of the molecule is COc1ccc(CN2CCC3(CC2)CCN(Cc2nccs2)CC3)cc1.O=C(O)C(F)(F)F.O=C(O)C(F)(F)F. The molecule has 2 N–H and O–H groups in total. The van der Waals surface area contributed by atoms with Crippen LogP contribution in [0.3, 0.4) is 0 Å². The maximum Gasteiger partial charge on any atom is 0.490 e. The van der Waals surface area contributed by atoms with Crippen LogP contribution >= 0.6 is 11.3 Å². The number of aromatic nitrogens is 1. The number of piperidine rings is 2. The molecule has 2 aliphatic heterocycles. The lowest BCUT2D eigenvalue weighted by molar-refractivity contribution is -0.193. The summed E-state index contributed by atoms with van der Waals surface area (Å²) < 4.78 is 68.7. The number of ether oxygens (including phenoxy) is 1. The van der Waals surface area contributed by atoms with Crippen molar-refractivity contribution in [3.63, 3.8) is 0 Å². The minimum atomic E-state index is -5.08. The molecule has 15 heteroatoms. The van der Waals surface area contributed by atoms with Gasteiger partial charge in [0.25, 0.3) is 0 Å².